The summed E-state index contributed by atoms with van der Waals surface area (Å²) >= 11 is 1.55. The Labute approximate surface area is 166 Å². The van der Waals surface area contributed by atoms with Crippen molar-refractivity contribution in [2.24, 2.45) is 0 Å². The molecule has 2 aromatic carbocycles. The summed E-state index contributed by atoms with van der Waals surface area (Å²) in [5, 5.41) is 7.18. The number of ether oxygens (including phenoxy) is 1. The van der Waals surface area contributed by atoms with Gasteiger partial charge in [-0.2, -0.15) is 0 Å². The lowest BCUT2D eigenvalue weighted by Crippen LogP contribution is -2.05. The van der Waals surface area contributed by atoms with Gasteiger partial charge >= 0.3 is 0 Å². The van der Waals surface area contributed by atoms with Gasteiger partial charge in [0.2, 0.25) is 0 Å². The molecule has 2 heterocycles. The second kappa shape index (κ2) is 7.32. The van der Waals surface area contributed by atoms with Crippen molar-refractivity contribution in [3.63, 3.8) is 0 Å². The Kier molecular flexibility index (Phi) is 4.70. The molecule has 0 aliphatic heterocycles. The maximum absolute atomic E-state index is 6.32. The summed E-state index contributed by atoms with van der Waals surface area (Å²) in [4.78, 5) is 13.2. The zero-order valence-corrected chi connectivity index (χ0v) is 16.6. The molecule has 4 rings (SSSR count). The monoisotopic (exact) mass is 392 g/mol. The van der Waals surface area contributed by atoms with Crippen molar-refractivity contribution in [1.82, 2.24) is 15.0 Å². The van der Waals surface area contributed by atoms with Crippen LogP contribution in [-0.4, -0.2) is 22.1 Å². The molecule has 2 aromatic heterocycles. The number of aromatic nitrogens is 3. The molecule has 0 fully saturated rings. The molecular formula is C20H20N6OS. The maximum atomic E-state index is 6.32. The highest BCUT2D eigenvalue weighted by Gasteiger charge is 2.13. The number of benzene rings is 2. The van der Waals surface area contributed by atoms with E-state index in [2.05, 4.69) is 25.6 Å². The largest absolute Gasteiger partial charge is 0.495 e. The van der Waals surface area contributed by atoms with Crippen LogP contribution in [-0.2, 0) is 0 Å². The summed E-state index contributed by atoms with van der Waals surface area (Å²) in [5.74, 6) is 1.71. The molecule has 0 aliphatic carbocycles. The molecule has 142 valence electrons. The SMILES string of the molecule is COc1ccc(C)cc1Nc1ncnc(Nc2nc3c(C)cccc3s2)c1N. The second-order valence-electron chi connectivity index (χ2n) is 6.38. The predicted molar refractivity (Wildman–Crippen MR) is 115 cm³/mol. The van der Waals surface area contributed by atoms with Gasteiger partial charge in [0.1, 0.15) is 17.8 Å². The Morgan fingerprint density at radius 3 is 2.57 bits per heavy atom. The third kappa shape index (κ3) is 3.41. The standard InChI is InChI=1S/C20H20N6OS/c1-11-7-8-14(27-3)13(9-11)24-18-16(21)19(23-10-22-18)26-20-25-17-12(2)5-4-6-15(17)28-20/h4-10H,21H2,1-3H3,(H2,22,23,24,25,26). The minimum Gasteiger partial charge on any atom is -0.495 e. The van der Waals surface area contributed by atoms with Crippen molar-refractivity contribution in [3.8, 4) is 5.75 Å². The Balaban J connectivity index is 1.65. The third-order valence-electron chi connectivity index (χ3n) is 4.34. The molecule has 4 aromatic rings. The van der Waals surface area contributed by atoms with Crippen LogP contribution in [0.15, 0.2) is 42.7 Å². The number of anilines is 5. The smallest absolute Gasteiger partial charge is 0.189 e. The first-order valence-electron chi connectivity index (χ1n) is 8.70. The summed E-state index contributed by atoms with van der Waals surface area (Å²) < 4.78 is 6.52. The number of nitrogens with one attached hydrogen (secondary N) is 2. The van der Waals surface area contributed by atoms with Gasteiger partial charge in [0.25, 0.3) is 0 Å². The summed E-state index contributed by atoms with van der Waals surface area (Å²) in [6.45, 7) is 4.05. The van der Waals surface area contributed by atoms with Gasteiger partial charge in [-0.1, -0.05) is 29.5 Å². The molecular weight excluding hydrogens is 372 g/mol. The maximum Gasteiger partial charge on any atom is 0.189 e. The van der Waals surface area contributed by atoms with Crippen LogP contribution < -0.4 is 21.1 Å². The first-order chi connectivity index (χ1) is 13.5. The Bertz CT molecular complexity index is 1160. The number of thiazole rings is 1. The third-order valence-corrected chi connectivity index (χ3v) is 5.27. The number of para-hydroxylation sites is 1. The van der Waals surface area contributed by atoms with E-state index in [4.69, 9.17) is 10.5 Å². The van der Waals surface area contributed by atoms with E-state index in [0.29, 0.717) is 23.1 Å². The number of methoxy groups -OCH3 is 1. The van der Waals surface area contributed by atoms with Gasteiger partial charge < -0.3 is 21.1 Å². The van der Waals surface area contributed by atoms with E-state index in [1.165, 1.54) is 6.33 Å². The molecule has 28 heavy (non-hydrogen) atoms. The summed E-state index contributed by atoms with van der Waals surface area (Å²) in [5.41, 5.74) is 10.7. The van der Waals surface area contributed by atoms with Crippen molar-refractivity contribution >= 4 is 49.7 Å². The molecule has 0 atom stereocenters. The normalized spacial score (nSPS) is 10.8. The number of aryl methyl sites for hydroxylation is 2. The van der Waals surface area contributed by atoms with Crippen molar-refractivity contribution in [3.05, 3.63) is 53.9 Å². The van der Waals surface area contributed by atoms with Crippen molar-refractivity contribution in [2.45, 2.75) is 13.8 Å². The van der Waals surface area contributed by atoms with Crippen LogP contribution in [0, 0.1) is 13.8 Å². The van der Waals surface area contributed by atoms with Gasteiger partial charge in [0.05, 0.1) is 23.0 Å². The Morgan fingerprint density at radius 1 is 1.04 bits per heavy atom. The van der Waals surface area contributed by atoms with Crippen molar-refractivity contribution < 1.29 is 4.74 Å². The minimum absolute atomic E-state index is 0.405. The molecule has 8 heteroatoms. The van der Waals surface area contributed by atoms with E-state index in [-0.39, 0.29) is 0 Å². The number of rotatable bonds is 5. The fraction of sp³-hybridized carbons (Fsp3) is 0.150. The van der Waals surface area contributed by atoms with Crippen LogP contribution in [0.25, 0.3) is 10.2 Å². The zero-order valence-electron chi connectivity index (χ0n) is 15.8. The topological polar surface area (TPSA) is 98.0 Å². The van der Waals surface area contributed by atoms with Crippen LogP contribution in [0.2, 0.25) is 0 Å². The average molecular weight is 392 g/mol. The number of fused-ring (bicyclic) bond motifs is 1. The minimum atomic E-state index is 0.405. The lowest BCUT2D eigenvalue weighted by Gasteiger charge is -2.14. The van der Waals surface area contributed by atoms with Gasteiger partial charge in [0.15, 0.2) is 16.8 Å². The highest BCUT2D eigenvalue weighted by atomic mass is 32.1. The van der Waals surface area contributed by atoms with Crippen molar-refractivity contribution in [1.29, 1.82) is 0 Å². The lowest BCUT2D eigenvalue weighted by atomic mass is 10.2. The molecule has 0 saturated heterocycles. The molecule has 7 nitrogen and oxygen atoms in total. The van der Waals surface area contributed by atoms with E-state index in [0.717, 1.165) is 32.2 Å². The summed E-state index contributed by atoms with van der Waals surface area (Å²) in [7, 11) is 1.63. The number of nitrogens with two attached hydrogens (primary N) is 1. The number of hydrogen-bond acceptors (Lipinski definition) is 8. The molecule has 0 aliphatic rings. The lowest BCUT2D eigenvalue weighted by molar-refractivity contribution is 0.416. The Hall–Kier alpha value is -3.39. The van der Waals surface area contributed by atoms with Crippen LogP contribution in [0.3, 0.4) is 0 Å². The number of nitrogens with zero attached hydrogens (tertiary/aromatic N) is 3. The van der Waals surface area contributed by atoms with E-state index in [1.807, 2.05) is 50.2 Å². The first-order valence-corrected chi connectivity index (χ1v) is 9.52. The number of nitrogen functional groups attached to an aromatic ring is 1. The van der Waals surface area contributed by atoms with Gasteiger partial charge in [-0.25, -0.2) is 15.0 Å². The summed E-state index contributed by atoms with van der Waals surface area (Å²) in [6, 6.07) is 12.0. The van der Waals surface area contributed by atoms with Crippen LogP contribution in [0.1, 0.15) is 11.1 Å². The number of hydrogen-bond donors (Lipinski definition) is 3. The van der Waals surface area contributed by atoms with E-state index >= 15 is 0 Å². The van der Waals surface area contributed by atoms with Gasteiger partial charge in [-0.3, -0.25) is 0 Å². The van der Waals surface area contributed by atoms with E-state index < -0.39 is 0 Å². The molecule has 0 spiro atoms. The quantitative estimate of drug-likeness (QED) is 0.449. The van der Waals surface area contributed by atoms with Crippen LogP contribution in [0.5, 0.6) is 5.75 Å². The molecule has 0 amide bonds. The van der Waals surface area contributed by atoms with Crippen molar-refractivity contribution in [2.75, 3.05) is 23.5 Å². The second-order valence-corrected chi connectivity index (χ2v) is 7.41. The average Bonchev–Trinajstić information content (AvgIpc) is 3.09. The highest BCUT2D eigenvalue weighted by Crippen LogP contribution is 2.34. The molecule has 0 unspecified atom stereocenters. The van der Waals surface area contributed by atoms with Gasteiger partial charge in [-0.15, -0.1) is 0 Å². The highest BCUT2D eigenvalue weighted by molar-refractivity contribution is 7.22. The predicted octanol–water partition coefficient (Wildman–Crippen LogP) is 4.78. The molecule has 0 bridgehead atoms. The van der Waals surface area contributed by atoms with Gasteiger partial charge in [-0.05, 0) is 43.2 Å². The van der Waals surface area contributed by atoms with E-state index in [1.54, 1.807) is 18.4 Å². The van der Waals surface area contributed by atoms with Crippen LogP contribution in [0.4, 0.5) is 28.1 Å². The molecule has 0 radical (unpaired) electrons. The van der Waals surface area contributed by atoms with E-state index in [9.17, 15) is 0 Å². The zero-order chi connectivity index (χ0) is 19.7. The van der Waals surface area contributed by atoms with Gasteiger partial charge in [0, 0.05) is 0 Å². The fourth-order valence-corrected chi connectivity index (χ4v) is 3.83. The Morgan fingerprint density at radius 2 is 1.82 bits per heavy atom. The summed E-state index contributed by atoms with van der Waals surface area (Å²) in [6.07, 6.45) is 1.46. The first kappa shape index (κ1) is 18.0. The fourth-order valence-electron chi connectivity index (χ4n) is 2.88. The molecule has 0 saturated carbocycles. The molecule has 4 N–H and O–H groups in total. The van der Waals surface area contributed by atoms with Crippen LogP contribution >= 0.6 is 11.3 Å².